The normalized spacial score (nSPS) is 15.1. The molecule has 5 heteroatoms. The van der Waals surface area contributed by atoms with Gasteiger partial charge in [0.05, 0.1) is 13.0 Å². The fourth-order valence-corrected chi connectivity index (χ4v) is 2.98. The molecule has 1 fully saturated rings. The molecule has 0 aromatic heterocycles. The first-order chi connectivity index (χ1) is 10.7. The first-order valence-corrected chi connectivity index (χ1v) is 8.37. The lowest BCUT2D eigenvalue weighted by Crippen LogP contribution is -2.39. The highest BCUT2D eigenvalue weighted by molar-refractivity contribution is 5.85. The molecule has 0 radical (unpaired) electrons. The third-order valence-corrected chi connectivity index (χ3v) is 4.36. The number of hydrogen-bond donors (Lipinski definition) is 1. The predicted octanol–water partition coefficient (Wildman–Crippen LogP) is 2.90. The van der Waals surface area contributed by atoms with Crippen molar-refractivity contribution in [2.45, 2.75) is 32.6 Å². The molecule has 0 saturated carbocycles. The Morgan fingerprint density at radius 1 is 1.26 bits per heavy atom. The van der Waals surface area contributed by atoms with Gasteiger partial charge in [0.15, 0.2) is 0 Å². The second-order valence-electron chi connectivity index (χ2n) is 5.97. The van der Waals surface area contributed by atoms with E-state index in [-0.39, 0.29) is 18.3 Å². The number of nitrogens with one attached hydrogen (secondary N) is 1. The first-order valence-electron chi connectivity index (χ1n) is 8.37. The molecule has 1 aliphatic heterocycles. The van der Waals surface area contributed by atoms with E-state index in [9.17, 15) is 4.79 Å². The number of nitrogens with zero attached hydrogens (tertiary/aromatic N) is 1. The van der Waals surface area contributed by atoms with E-state index in [4.69, 9.17) is 4.74 Å². The number of piperidine rings is 1. The Labute approximate surface area is 146 Å². The molecule has 0 bridgehead atoms. The van der Waals surface area contributed by atoms with E-state index in [0.29, 0.717) is 13.0 Å². The van der Waals surface area contributed by atoms with Gasteiger partial charge in [-0.05, 0) is 63.4 Å². The average molecular weight is 341 g/mol. The summed E-state index contributed by atoms with van der Waals surface area (Å²) in [6.45, 7) is 5.53. The summed E-state index contributed by atoms with van der Waals surface area (Å²) in [6.07, 6.45) is 3.98. The summed E-state index contributed by atoms with van der Waals surface area (Å²) in [5.74, 6) is 1.88. The Bertz CT molecular complexity index is 457. The fraction of sp³-hybridized carbons (Fsp3) is 0.611. The van der Waals surface area contributed by atoms with Crippen molar-refractivity contribution in [3.05, 3.63) is 29.8 Å². The van der Waals surface area contributed by atoms with Gasteiger partial charge in [0.25, 0.3) is 0 Å². The van der Waals surface area contributed by atoms with E-state index in [2.05, 4.69) is 5.32 Å². The van der Waals surface area contributed by atoms with Gasteiger partial charge in [-0.15, -0.1) is 12.4 Å². The molecule has 4 nitrogen and oxygen atoms in total. The van der Waals surface area contributed by atoms with E-state index in [0.717, 1.165) is 49.7 Å². The van der Waals surface area contributed by atoms with Gasteiger partial charge in [-0.1, -0.05) is 12.1 Å². The molecular weight excluding hydrogens is 312 g/mol. The van der Waals surface area contributed by atoms with Crippen molar-refractivity contribution in [1.82, 2.24) is 10.2 Å². The Morgan fingerprint density at radius 3 is 2.48 bits per heavy atom. The molecule has 23 heavy (non-hydrogen) atoms. The summed E-state index contributed by atoms with van der Waals surface area (Å²) in [5.41, 5.74) is 1.06. The zero-order chi connectivity index (χ0) is 15.8. The molecule has 1 aromatic carbocycles. The topological polar surface area (TPSA) is 41.6 Å². The summed E-state index contributed by atoms with van der Waals surface area (Å²) in [7, 11) is 2.00. The highest BCUT2D eigenvalue weighted by atomic mass is 35.5. The predicted molar refractivity (Wildman–Crippen MR) is 96.4 cm³/mol. The van der Waals surface area contributed by atoms with Gasteiger partial charge < -0.3 is 15.0 Å². The molecule has 0 unspecified atom stereocenters. The third kappa shape index (κ3) is 6.40. The van der Waals surface area contributed by atoms with E-state index in [1.54, 1.807) is 0 Å². The Morgan fingerprint density at radius 2 is 1.91 bits per heavy atom. The second-order valence-corrected chi connectivity index (χ2v) is 5.97. The summed E-state index contributed by atoms with van der Waals surface area (Å²) in [5, 5.41) is 3.20. The Hall–Kier alpha value is -1.26. The van der Waals surface area contributed by atoms with Crippen LogP contribution in [-0.4, -0.2) is 44.1 Å². The lowest BCUT2D eigenvalue weighted by Gasteiger charge is -2.32. The number of amides is 1. The third-order valence-electron chi connectivity index (χ3n) is 4.36. The maximum Gasteiger partial charge on any atom is 0.226 e. The number of carbonyl (C=O) groups is 1. The first kappa shape index (κ1) is 19.8. The molecule has 1 aliphatic rings. The van der Waals surface area contributed by atoms with Gasteiger partial charge in [-0.2, -0.15) is 0 Å². The quantitative estimate of drug-likeness (QED) is 0.829. The minimum absolute atomic E-state index is 0. The van der Waals surface area contributed by atoms with Gasteiger partial charge >= 0.3 is 0 Å². The fourth-order valence-electron chi connectivity index (χ4n) is 2.98. The largest absolute Gasteiger partial charge is 0.494 e. The second kappa shape index (κ2) is 10.5. The van der Waals surface area contributed by atoms with Crippen LogP contribution in [0.5, 0.6) is 5.75 Å². The van der Waals surface area contributed by atoms with Crippen molar-refractivity contribution in [1.29, 1.82) is 0 Å². The van der Waals surface area contributed by atoms with Gasteiger partial charge in [0.1, 0.15) is 5.75 Å². The summed E-state index contributed by atoms with van der Waals surface area (Å²) < 4.78 is 5.43. The lowest BCUT2D eigenvalue weighted by molar-refractivity contribution is -0.131. The van der Waals surface area contributed by atoms with E-state index < -0.39 is 0 Å². The van der Waals surface area contributed by atoms with E-state index in [1.165, 1.54) is 6.42 Å². The van der Waals surface area contributed by atoms with Crippen LogP contribution in [0.15, 0.2) is 24.3 Å². The number of carbonyl (C=O) groups excluding carboxylic acids is 1. The maximum atomic E-state index is 12.4. The molecule has 2 rings (SSSR count). The van der Waals surface area contributed by atoms with Crippen molar-refractivity contribution in [2.24, 2.45) is 5.92 Å². The SMILES string of the molecule is CCOc1ccc(CC(=O)N2CCC(CCNC)CC2)cc1.Cl. The Balaban J connectivity index is 0.00000264. The van der Waals surface area contributed by atoms with Gasteiger partial charge in [0, 0.05) is 13.1 Å². The number of ether oxygens (including phenoxy) is 1. The van der Waals surface area contributed by atoms with Crippen molar-refractivity contribution in [3.8, 4) is 5.75 Å². The van der Waals surface area contributed by atoms with Crippen molar-refractivity contribution in [3.63, 3.8) is 0 Å². The highest BCUT2D eigenvalue weighted by Crippen LogP contribution is 2.21. The summed E-state index contributed by atoms with van der Waals surface area (Å²) in [6, 6.07) is 7.86. The minimum Gasteiger partial charge on any atom is -0.494 e. The van der Waals surface area contributed by atoms with E-state index >= 15 is 0 Å². The van der Waals surface area contributed by atoms with E-state index in [1.807, 2.05) is 43.1 Å². The summed E-state index contributed by atoms with van der Waals surface area (Å²) in [4.78, 5) is 14.4. The number of halogens is 1. The Kier molecular flexibility index (Phi) is 9.03. The van der Waals surface area contributed by atoms with Crippen molar-refractivity contribution >= 4 is 18.3 Å². The van der Waals surface area contributed by atoms with Crippen LogP contribution in [0.2, 0.25) is 0 Å². The molecule has 0 aliphatic carbocycles. The number of benzene rings is 1. The highest BCUT2D eigenvalue weighted by Gasteiger charge is 2.22. The molecule has 1 saturated heterocycles. The van der Waals surface area contributed by atoms with Gasteiger partial charge in [0.2, 0.25) is 5.91 Å². The van der Waals surface area contributed by atoms with Crippen LogP contribution in [0, 0.1) is 5.92 Å². The number of rotatable bonds is 7. The molecule has 1 N–H and O–H groups in total. The van der Waals surface area contributed by atoms with Crippen LogP contribution in [0.3, 0.4) is 0 Å². The zero-order valence-electron chi connectivity index (χ0n) is 14.2. The molecule has 1 aromatic rings. The maximum absolute atomic E-state index is 12.4. The smallest absolute Gasteiger partial charge is 0.226 e. The van der Waals surface area contributed by atoms with Crippen LogP contribution in [-0.2, 0) is 11.2 Å². The molecule has 1 amide bonds. The molecule has 130 valence electrons. The van der Waals surface area contributed by atoms with Crippen LogP contribution < -0.4 is 10.1 Å². The molecular formula is C18H29ClN2O2. The van der Waals surface area contributed by atoms with Crippen LogP contribution in [0.4, 0.5) is 0 Å². The number of hydrogen-bond acceptors (Lipinski definition) is 3. The minimum atomic E-state index is 0. The molecule has 1 heterocycles. The number of likely N-dealkylation sites (tertiary alicyclic amines) is 1. The zero-order valence-corrected chi connectivity index (χ0v) is 15.0. The van der Waals surface area contributed by atoms with Crippen LogP contribution in [0.1, 0.15) is 31.7 Å². The average Bonchev–Trinajstić information content (AvgIpc) is 2.55. The monoisotopic (exact) mass is 340 g/mol. The van der Waals surface area contributed by atoms with Crippen LogP contribution in [0.25, 0.3) is 0 Å². The molecule has 0 spiro atoms. The molecule has 0 atom stereocenters. The van der Waals surface area contributed by atoms with Crippen molar-refractivity contribution < 1.29 is 9.53 Å². The van der Waals surface area contributed by atoms with Crippen molar-refractivity contribution in [2.75, 3.05) is 33.3 Å². The van der Waals surface area contributed by atoms with Gasteiger partial charge in [-0.3, -0.25) is 4.79 Å². The van der Waals surface area contributed by atoms with Crippen LogP contribution >= 0.6 is 12.4 Å². The lowest BCUT2D eigenvalue weighted by atomic mass is 9.93. The standard InChI is InChI=1S/C18H28N2O2.ClH/c1-3-22-17-6-4-16(5-7-17)14-18(21)20-12-9-15(10-13-20)8-11-19-2;/h4-7,15,19H,3,8-14H2,1-2H3;1H. The summed E-state index contributed by atoms with van der Waals surface area (Å²) >= 11 is 0. The van der Waals surface area contributed by atoms with Gasteiger partial charge in [-0.25, -0.2) is 0 Å².